The molecular formula is C20H31N6O2+. The number of nitrogens with zero attached hydrogens (tertiary/aromatic N) is 4. The number of tetrazole rings is 1. The van der Waals surface area contributed by atoms with Gasteiger partial charge in [-0.3, -0.25) is 4.79 Å². The molecule has 0 bridgehead atoms. The van der Waals surface area contributed by atoms with Gasteiger partial charge >= 0.3 is 0 Å². The van der Waals surface area contributed by atoms with E-state index in [1.807, 2.05) is 35.9 Å². The second kappa shape index (κ2) is 8.68. The summed E-state index contributed by atoms with van der Waals surface area (Å²) < 4.78 is 7.33. The van der Waals surface area contributed by atoms with Crippen LogP contribution in [0.5, 0.6) is 5.75 Å². The lowest BCUT2D eigenvalue weighted by Crippen LogP contribution is -3.12. The fraction of sp³-hybridized carbons (Fsp3) is 0.600. The molecule has 0 radical (unpaired) electrons. The van der Waals surface area contributed by atoms with Crippen LogP contribution in [0, 0.1) is 0 Å². The van der Waals surface area contributed by atoms with Gasteiger partial charge in [0, 0.05) is 24.4 Å². The molecule has 1 saturated heterocycles. The van der Waals surface area contributed by atoms with E-state index < -0.39 is 0 Å². The molecule has 1 aliphatic rings. The zero-order valence-corrected chi connectivity index (χ0v) is 17.2. The highest BCUT2D eigenvalue weighted by Gasteiger charge is 2.27. The van der Waals surface area contributed by atoms with Crippen LogP contribution in [0.3, 0.4) is 0 Å². The summed E-state index contributed by atoms with van der Waals surface area (Å²) in [5.41, 5.74) is 0.546. The van der Waals surface area contributed by atoms with Crippen LogP contribution in [-0.4, -0.2) is 51.9 Å². The minimum atomic E-state index is -0.123. The highest BCUT2D eigenvalue weighted by molar-refractivity contribution is 5.94. The number of quaternary nitrogens is 1. The summed E-state index contributed by atoms with van der Waals surface area (Å²) in [6, 6.07) is 7.51. The number of benzene rings is 1. The van der Waals surface area contributed by atoms with Gasteiger partial charge in [-0.15, -0.1) is 5.10 Å². The number of nitrogens with one attached hydrogen (secondary N) is 2. The SMILES string of the molecule is CCOc1ccc(C(=O)NC2CC[NH+](Cc3nnnn3C(C)(C)C)CC2)cc1. The molecule has 3 rings (SSSR count). The Labute approximate surface area is 166 Å². The minimum absolute atomic E-state index is 0.0202. The first kappa shape index (κ1) is 20.3. The molecule has 1 aliphatic heterocycles. The van der Waals surface area contributed by atoms with Gasteiger partial charge in [-0.05, 0) is 62.4 Å². The summed E-state index contributed by atoms with van der Waals surface area (Å²) in [6.45, 7) is 11.7. The van der Waals surface area contributed by atoms with Crippen molar-refractivity contribution in [3.05, 3.63) is 35.7 Å². The Bertz CT molecular complexity index is 773. The lowest BCUT2D eigenvalue weighted by Gasteiger charge is -2.30. The number of hydrogen-bond acceptors (Lipinski definition) is 5. The number of ether oxygens (including phenoxy) is 1. The number of amides is 1. The van der Waals surface area contributed by atoms with Crippen LogP contribution in [0.15, 0.2) is 24.3 Å². The summed E-state index contributed by atoms with van der Waals surface area (Å²) in [4.78, 5) is 13.9. The molecule has 152 valence electrons. The van der Waals surface area contributed by atoms with Crippen LogP contribution in [0.1, 0.15) is 56.7 Å². The van der Waals surface area contributed by atoms with Gasteiger partial charge in [-0.1, -0.05) is 0 Å². The molecule has 1 aromatic heterocycles. The molecule has 0 atom stereocenters. The molecule has 2 heterocycles. The summed E-state index contributed by atoms with van der Waals surface area (Å²) >= 11 is 0. The first-order valence-corrected chi connectivity index (χ1v) is 10.0. The van der Waals surface area contributed by atoms with Gasteiger partial charge < -0.3 is 15.0 Å². The number of carbonyl (C=O) groups excluding carboxylic acids is 1. The van der Waals surface area contributed by atoms with E-state index in [0.29, 0.717) is 12.2 Å². The Balaban J connectivity index is 1.49. The van der Waals surface area contributed by atoms with Crippen LogP contribution in [-0.2, 0) is 12.1 Å². The van der Waals surface area contributed by atoms with Crippen molar-refractivity contribution in [2.24, 2.45) is 0 Å². The van der Waals surface area contributed by atoms with Gasteiger partial charge in [0.05, 0.1) is 25.2 Å². The van der Waals surface area contributed by atoms with Crippen LogP contribution >= 0.6 is 0 Å². The van der Waals surface area contributed by atoms with E-state index in [1.54, 1.807) is 0 Å². The van der Waals surface area contributed by atoms with E-state index in [1.165, 1.54) is 4.90 Å². The van der Waals surface area contributed by atoms with Crippen LogP contribution in [0.25, 0.3) is 0 Å². The first-order chi connectivity index (χ1) is 13.4. The number of piperidine rings is 1. The summed E-state index contributed by atoms with van der Waals surface area (Å²) in [5.74, 6) is 1.68. The van der Waals surface area contributed by atoms with Crippen LogP contribution in [0.4, 0.5) is 0 Å². The van der Waals surface area contributed by atoms with Gasteiger partial charge in [0.2, 0.25) is 5.82 Å². The third-order valence-electron chi connectivity index (χ3n) is 5.03. The summed E-state index contributed by atoms with van der Waals surface area (Å²) in [7, 11) is 0. The fourth-order valence-electron chi connectivity index (χ4n) is 3.55. The molecule has 8 heteroatoms. The Morgan fingerprint density at radius 1 is 1.25 bits per heavy atom. The summed E-state index contributed by atoms with van der Waals surface area (Å²) in [6.07, 6.45) is 1.91. The van der Waals surface area contributed by atoms with Crippen LogP contribution < -0.4 is 15.0 Å². The maximum absolute atomic E-state index is 12.5. The second-order valence-corrected chi connectivity index (χ2v) is 8.31. The second-order valence-electron chi connectivity index (χ2n) is 8.31. The monoisotopic (exact) mass is 387 g/mol. The maximum atomic E-state index is 12.5. The molecule has 1 fully saturated rings. The van der Waals surface area contributed by atoms with Crippen molar-refractivity contribution in [2.45, 2.75) is 58.7 Å². The largest absolute Gasteiger partial charge is 0.494 e. The predicted molar refractivity (Wildman–Crippen MR) is 105 cm³/mol. The van der Waals surface area contributed by atoms with Crippen molar-refractivity contribution in [2.75, 3.05) is 19.7 Å². The molecule has 1 aromatic carbocycles. The van der Waals surface area contributed by atoms with Crippen molar-refractivity contribution in [1.82, 2.24) is 25.5 Å². The predicted octanol–water partition coefficient (Wildman–Crippen LogP) is 0.804. The molecule has 2 aromatic rings. The van der Waals surface area contributed by atoms with E-state index >= 15 is 0 Å². The quantitative estimate of drug-likeness (QED) is 0.766. The molecule has 8 nitrogen and oxygen atoms in total. The molecule has 0 unspecified atom stereocenters. The van der Waals surface area contributed by atoms with Gasteiger partial charge in [0.25, 0.3) is 5.91 Å². The molecule has 0 aliphatic carbocycles. The molecular weight excluding hydrogens is 356 g/mol. The van der Waals surface area contributed by atoms with Crippen molar-refractivity contribution < 1.29 is 14.4 Å². The molecule has 0 spiro atoms. The third-order valence-corrected chi connectivity index (χ3v) is 5.03. The van der Waals surface area contributed by atoms with Gasteiger partial charge in [0.1, 0.15) is 12.3 Å². The smallest absolute Gasteiger partial charge is 0.251 e. The van der Waals surface area contributed by atoms with E-state index in [0.717, 1.165) is 44.0 Å². The van der Waals surface area contributed by atoms with Crippen molar-refractivity contribution in [3.63, 3.8) is 0 Å². The van der Waals surface area contributed by atoms with E-state index in [-0.39, 0.29) is 17.5 Å². The molecule has 2 N–H and O–H groups in total. The Morgan fingerprint density at radius 2 is 1.93 bits per heavy atom. The highest BCUT2D eigenvalue weighted by atomic mass is 16.5. The van der Waals surface area contributed by atoms with Crippen LogP contribution in [0.2, 0.25) is 0 Å². The van der Waals surface area contributed by atoms with Gasteiger partial charge in [-0.2, -0.15) is 0 Å². The zero-order valence-electron chi connectivity index (χ0n) is 17.2. The average Bonchev–Trinajstić information content (AvgIpc) is 3.13. The van der Waals surface area contributed by atoms with E-state index in [2.05, 4.69) is 41.6 Å². The topological polar surface area (TPSA) is 86.4 Å². The first-order valence-electron chi connectivity index (χ1n) is 10.0. The number of likely N-dealkylation sites (tertiary alicyclic amines) is 1. The standard InChI is InChI=1S/C20H30N6O2/c1-5-28-17-8-6-15(7-9-17)19(27)21-16-10-12-25(13-11-16)14-18-22-23-24-26(18)20(2,3)4/h6-9,16H,5,10-14H2,1-4H3,(H,21,27)/p+1. The lowest BCUT2D eigenvalue weighted by atomic mass is 10.0. The third kappa shape index (κ3) is 5.07. The normalized spacial score (nSPS) is 20.0. The minimum Gasteiger partial charge on any atom is -0.494 e. The van der Waals surface area contributed by atoms with E-state index in [4.69, 9.17) is 4.74 Å². The van der Waals surface area contributed by atoms with Gasteiger partial charge in [0.15, 0.2) is 0 Å². The molecule has 28 heavy (non-hydrogen) atoms. The van der Waals surface area contributed by atoms with Crippen molar-refractivity contribution in [1.29, 1.82) is 0 Å². The molecule has 1 amide bonds. The Kier molecular flexibility index (Phi) is 6.28. The van der Waals surface area contributed by atoms with Crippen molar-refractivity contribution >= 4 is 5.91 Å². The fourth-order valence-corrected chi connectivity index (χ4v) is 3.55. The Morgan fingerprint density at radius 3 is 2.54 bits per heavy atom. The van der Waals surface area contributed by atoms with Crippen molar-refractivity contribution in [3.8, 4) is 5.75 Å². The number of hydrogen-bond donors (Lipinski definition) is 2. The zero-order chi connectivity index (χ0) is 20.1. The maximum Gasteiger partial charge on any atom is 0.251 e. The number of rotatable bonds is 6. The number of carbonyl (C=O) groups is 1. The molecule has 0 saturated carbocycles. The lowest BCUT2D eigenvalue weighted by molar-refractivity contribution is -0.919. The van der Waals surface area contributed by atoms with E-state index in [9.17, 15) is 4.79 Å². The average molecular weight is 388 g/mol. The highest BCUT2D eigenvalue weighted by Crippen LogP contribution is 2.14. The van der Waals surface area contributed by atoms with Gasteiger partial charge in [-0.25, -0.2) is 4.68 Å². The Hall–Kier alpha value is -2.48. The summed E-state index contributed by atoms with van der Waals surface area (Å²) in [5, 5.41) is 15.3. The number of aromatic nitrogens is 4.